The highest BCUT2D eigenvalue weighted by Gasteiger charge is 2.45. The number of anilines is 1. The maximum Gasteiger partial charge on any atom is 0.407 e. The lowest BCUT2D eigenvalue weighted by atomic mass is 10.0. The number of alkyl carbamates (subject to hydrolysis) is 1. The summed E-state index contributed by atoms with van der Waals surface area (Å²) in [7, 11) is 0. The van der Waals surface area contributed by atoms with Gasteiger partial charge < -0.3 is 29.7 Å². The molecule has 0 bridgehead atoms. The van der Waals surface area contributed by atoms with Crippen molar-refractivity contribution in [1.82, 2.24) is 20.4 Å². The number of fused-ring (bicyclic) bond motifs is 1. The van der Waals surface area contributed by atoms with Crippen molar-refractivity contribution in [3.63, 3.8) is 0 Å². The van der Waals surface area contributed by atoms with Crippen LogP contribution in [0, 0.1) is 0 Å². The summed E-state index contributed by atoms with van der Waals surface area (Å²) in [5.41, 5.74) is 0.611. The third-order valence-corrected chi connectivity index (χ3v) is 7.25. The summed E-state index contributed by atoms with van der Waals surface area (Å²) in [6, 6.07) is 4.26. The molecule has 0 aromatic heterocycles. The minimum absolute atomic E-state index is 0.0847. The predicted octanol–water partition coefficient (Wildman–Crippen LogP) is 1.52. The summed E-state index contributed by atoms with van der Waals surface area (Å²) in [6.45, 7) is 10.2. The van der Waals surface area contributed by atoms with Crippen LogP contribution in [0.3, 0.4) is 0 Å². The zero-order valence-electron chi connectivity index (χ0n) is 24.5. The standard InChI is InChI=1S/C29H41N5O8/c1-29(2,3)42-28(39)30-11-15-40-17-18-41-16-14-33-12-9-19(10-13-33)31-21-6-4-5-20-24(21)27(38)34(26(20)37)22-7-8-23(35)32-25(22)36/h4-6,19,22,31H,7-18H2,1-3H3,(H,30,39)(H,32,35,36). The van der Waals surface area contributed by atoms with Gasteiger partial charge in [-0.1, -0.05) is 6.07 Å². The molecule has 3 aliphatic heterocycles. The van der Waals surface area contributed by atoms with E-state index in [1.807, 2.05) is 20.8 Å². The molecule has 3 N–H and O–H groups in total. The van der Waals surface area contributed by atoms with E-state index < -0.39 is 41.4 Å². The number of imide groups is 2. The minimum Gasteiger partial charge on any atom is -0.444 e. The number of hydrogen-bond donors (Lipinski definition) is 3. The van der Waals surface area contributed by atoms with Crippen LogP contribution in [0.2, 0.25) is 0 Å². The van der Waals surface area contributed by atoms with Gasteiger partial charge in [0.1, 0.15) is 11.6 Å². The van der Waals surface area contributed by atoms with E-state index >= 15 is 0 Å². The second kappa shape index (κ2) is 14.1. The fourth-order valence-electron chi connectivity index (χ4n) is 5.21. The molecule has 3 aliphatic rings. The lowest BCUT2D eigenvalue weighted by Crippen LogP contribution is -2.54. The fourth-order valence-corrected chi connectivity index (χ4v) is 5.21. The summed E-state index contributed by atoms with van der Waals surface area (Å²) in [5.74, 6) is -2.04. The Balaban J connectivity index is 1.13. The number of amides is 5. The molecule has 0 radical (unpaired) electrons. The van der Waals surface area contributed by atoms with Crippen LogP contribution < -0.4 is 16.0 Å². The number of benzene rings is 1. The summed E-state index contributed by atoms with van der Waals surface area (Å²) >= 11 is 0. The normalized spacial score (nSPS) is 20.0. The van der Waals surface area contributed by atoms with Crippen LogP contribution in [0.15, 0.2) is 18.2 Å². The number of nitrogens with one attached hydrogen (secondary N) is 3. The monoisotopic (exact) mass is 587 g/mol. The molecule has 0 aliphatic carbocycles. The highest BCUT2D eigenvalue weighted by Crippen LogP contribution is 2.33. The molecule has 5 amide bonds. The number of carbonyl (C=O) groups is 5. The third-order valence-electron chi connectivity index (χ3n) is 7.25. The molecule has 2 fully saturated rings. The van der Waals surface area contributed by atoms with E-state index in [0.717, 1.165) is 37.4 Å². The van der Waals surface area contributed by atoms with Crippen LogP contribution in [-0.2, 0) is 23.8 Å². The number of piperidine rings is 2. The molecule has 1 atom stereocenters. The van der Waals surface area contributed by atoms with Crippen LogP contribution in [-0.4, -0.2) is 110 Å². The van der Waals surface area contributed by atoms with Crippen LogP contribution in [0.1, 0.15) is 67.2 Å². The molecule has 4 rings (SSSR count). The highest BCUT2D eigenvalue weighted by atomic mass is 16.6. The van der Waals surface area contributed by atoms with E-state index in [4.69, 9.17) is 14.2 Å². The number of hydrogen-bond acceptors (Lipinski definition) is 10. The summed E-state index contributed by atoms with van der Waals surface area (Å²) in [5, 5.41) is 8.31. The Morgan fingerprint density at radius 3 is 2.38 bits per heavy atom. The van der Waals surface area contributed by atoms with Gasteiger partial charge in [-0.2, -0.15) is 0 Å². The number of carbonyl (C=O) groups excluding carboxylic acids is 5. The Kier molecular flexibility index (Phi) is 10.5. The van der Waals surface area contributed by atoms with Gasteiger partial charge in [0.15, 0.2) is 0 Å². The van der Waals surface area contributed by atoms with Gasteiger partial charge in [-0.25, -0.2) is 4.79 Å². The second-order valence-electron chi connectivity index (χ2n) is 11.6. The van der Waals surface area contributed by atoms with Gasteiger partial charge in [-0.15, -0.1) is 0 Å². The van der Waals surface area contributed by atoms with Gasteiger partial charge in [0.05, 0.1) is 37.6 Å². The SMILES string of the molecule is CC(C)(C)OC(=O)NCCOCCOCCN1CCC(Nc2cccc3c2C(=O)N(C2CCC(=O)NC2=O)C3=O)CC1. The van der Waals surface area contributed by atoms with Crippen molar-refractivity contribution in [2.75, 3.05) is 57.9 Å². The molecule has 13 heteroatoms. The topological polar surface area (TPSA) is 156 Å². The molecule has 1 unspecified atom stereocenters. The second-order valence-corrected chi connectivity index (χ2v) is 11.6. The van der Waals surface area contributed by atoms with Gasteiger partial charge in [-0.05, 0) is 52.2 Å². The van der Waals surface area contributed by atoms with Crippen LogP contribution in [0.4, 0.5) is 10.5 Å². The van der Waals surface area contributed by atoms with Crippen molar-refractivity contribution >= 4 is 35.4 Å². The van der Waals surface area contributed by atoms with Crippen LogP contribution in [0.25, 0.3) is 0 Å². The van der Waals surface area contributed by atoms with E-state index in [0.29, 0.717) is 38.7 Å². The largest absolute Gasteiger partial charge is 0.444 e. The molecule has 13 nitrogen and oxygen atoms in total. The van der Waals surface area contributed by atoms with Gasteiger partial charge in [-0.3, -0.25) is 29.4 Å². The summed E-state index contributed by atoms with van der Waals surface area (Å²) in [4.78, 5) is 65.2. The Morgan fingerprint density at radius 2 is 1.69 bits per heavy atom. The quantitative estimate of drug-likeness (QED) is 0.242. The van der Waals surface area contributed by atoms with Crippen LogP contribution in [0.5, 0.6) is 0 Å². The van der Waals surface area contributed by atoms with E-state index in [9.17, 15) is 24.0 Å². The van der Waals surface area contributed by atoms with Gasteiger partial charge in [0.2, 0.25) is 11.8 Å². The Labute approximate surface area is 245 Å². The molecule has 1 aromatic rings. The molecule has 2 saturated heterocycles. The number of nitrogens with zero attached hydrogens (tertiary/aromatic N) is 2. The first-order valence-electron chi connectivity index (χ1n) is 14.5. The molecule has 0 spiro atoms. The Hall–Kier alpha value is -3.55. The minimum atomic E-state index is -0.985. The molecular weight excluding hydrogens is 546 g/mol. The van der Waals surface area contributed by atoms with Crippen molar-refractivity contribution in [2.24, 2.45) is 0 Å². The Bertz CT molecular complexity index is 1180. The smallest absolute Gasteiger partial charge is 0.407 e. The average molecular weight is 588 g/mol. The molecular formula is C29H41N5O8. The number of ether oxygens (including phenoxy) is 3. The van der Waals surface area contributed by atoms with Crippen molar-refractivity contribution in [3.05, 3.63) is 29.3 Å². The molecule has 3 heterocycles. The Morgan fingerprint density at radius 1 is 0.976 bits per heavy atom. The number of likely N-dealkylation sites (tertiary alicyclic amines) is 1. The maximum atomic E-state index is 13.3. The summed E-state index contributed by atoms with van der Waals surface area (Å²) < 4.78 is 16.3. The first kappa shape index (κ1) is 31.4. The van der Waals surface area contributed by atoms with Gasteiger partial charge >= 0.3 is 6.09 Å². The van der Waals surface area contributed by atoms with Crippen molar-refractivity contribution in [2.45, 2.75) is 64.1 Å². The van der Waals surface area contributed by atoms with E-state index in [1.165, 1.54) is 0 Å². The van der Waals surface area contributed by atoms with Gasteiger partial charge in [0, 0.05) is 44.3 Å². The first-order chi connectivity index (χ1) is 20.0. The fraction of sp³-hybridized carbons (Fsp3) is 0.621. The van der Waals surface area contributed by atoms with Crippen molar-refractivity contribution < 1.29 is 38.2 Å². The molecule has 230 valence electrons. The average Bonchev–Trinajstić information content (AvgIpc) is 3.18. The molecule has 42 heavy (non-hydrogen) atoms. The lowest BCUT2D eigenvalue weighted by molar-refractivity contribution is -0.136. The zero-order valence-corrected chi connectivity index (χ0v) is 24.5. The van der Waals surface area contributed by atoms with Crippen molar-refractivity contribution in [1.29, 1.82) is 0 Å². The number of rotatable bonds is 12. The van der Waals surface area contributed by atoms with Crippen molar-refractivity contribution in [3.8, 4) is 0 Å². The van der Waals surface area contributed by atoms with E-state index in [1.54, 1.807) is 18.2 Å². The van der Waals surface area contributed by atoms with E-state index in [2.05, 4.69) is 20.9 Å². The molecule has 1 aromatic carbocycles. The zero-order chi connectivity index (χ0) is 30.3. The highest BCUT2D eigenvalue weighted by molar-refractivity contribution is 6.25. The predicted molar refractivity (Wildman–Crippen MR) is 152 cm³/mol. The van der Waals surface area contributed by atoms with Gasteiger partial charge in [0.25, 0.3) is 11.8 Å². The summed E-state index contributed by atoms with van der Waals surface area (Å²) in [6.07, 6.45) is 1.46. The van der Waals surface area contributed by atoms with Crippen LogP contribution >= 0.6 is 0 Å². The maximum absolute atomic E-state index is 13.3. The first-order valence-corrected chi connectivity index (χ1v) is 14.5. The lowest BCUT2D eigenvalue weighted by Gasteiger charge is -2.33. The molecule has 0 saturated carbocycles. The van der Waals surface area contributed by atoms with E-state index in [-0.39, 0.29) is 30.0 Å². The third kappa shape index (κ3) is 8.26.